The molecule has 6 rings (SSSR count). The highest BCUT2D eigenvalue weighted by molar-refractivity contribution is 6.48. The maximum absolute atomic E-state index is 13.2. The van der Waals surface area contributed by atoms with Crippen LogP contribution in [0.25, 0.3) is 0 Å². The fourth-order valence-electron chi connectivity index (χ4n) is 7.26. The van der Waals surface area contributed by atoms with Gasteiger partial charge in [0.1, 0.15) is 0 Å². The summed E-state index contributed by atoms with van der Waals surface area (Å²) in [4.78, 5) is 15.1. The van der Waals surface area contributed by atoms with Crippen LogP contribution >= 0.6 is 0 Å². The van der Waals surface area contributed by atoms with Crippen molar-refractivity contribution in [2.45, 2.75) is 89.8 Å². The Morgan fingerprint density at radius 2 is 1.88 bits per heavy atom. The van der Waals surface area contributed by atoms with Gasteiger partial charge in [-0.25, -0.2) is 4.79 Å². The zero-order valence-electron chi connectivity index (χ0n) is 20.9. The van der Waals surface area contributed by atoms with Crippen LogP contribution in [0.1, 0.15) is 71.3 Å². The van der Waals surface area contributed by atoms with Crippen molar-refractivity contribution in [3.63, 3.8) is 0 Å². The van der Waals surface area contributed by atoms with Crippen molar-refractivity contribution in [1.82, 2.24) is 10.2 Å². The van der Waals surface area contributed by atoms with Crippen molar-refractivity contribution in [3.05, 3.63) is 35.9 Å². The molecular formula is C27H41BN2O3. The van der Waals surface area contributed by atoms with Gasteiger partial charge in [-0.05, 0) is 67.8 Å². The predicted octanol–water partition coefficient (Wildman–Crippen LogP) is 5.09. The van der Waals surface area contributed by atoms with E-state index in [-0.39, 0.29) is 23.7 Å². The molecule has 1 saturated heterocycles. The van der Waals surface area contributed by atoms with Crippen LogP contribution < -0.4 is 5.32 Å². The lowest BCUT2D eigenvalue weighted by molar-refractivity contribution is -0.199. The summed E-state index contributed by atoms with van der Waals surface area (Å²) in [6.07, 6.45) is 9.50. The number of nitrogens with one attached hydrogen (secondary N) is 1. The van der Waals surface area contributed by atoms with Gasteiger partial charge in [-0.2, -0.15) is 0 Å². The molecule has 4 saturated carbocycles. The van der Waals surface area contributed by atoms with E-state index in [1.807, 2.05) is 18.0 Å². The third kappa shape index (κ3) is 4.34. The average molecular weight is 452 g/mol. The van der Waals surface area contributed by atoms with Gasteiger partial charge in [0.25, 0.3) is 0 Å². The molecule has 5 fully saturated rings. The number of amides is 2. The van der Waals surface area contributed by atoms with E-state index in [2.05, 4.69) is 50.4 Å². The first-order chi connectivity index (χ1) is 15.8. The molecule has 4 aliphatic carbocycles. The molecule has 1 aliphatic heterocycles. The van der Waals surface area contributed by atoms with Crippen LogP contribution in [0, 0.1) is 23.2 Å². The Bertz CT molecular complexity index is 843. The van der Waals surface area contributed by atoms with E-state index >= 15 is 0 Å². The minimum atomic E-state index is -0.414. The van der Waals surface area contributed by atoms with E-state index < -0.39 is 7.12 Å². The highest BCUT2D eigenvalue weighted by Gasteiger charge is 2.68. The minimum absolute atomic E-state index is 0.0154. The van der Waals surface area contributed by atoms with Crippen molar-refractivity contribution in [3.8, 4) is 0 Å². The molecule has 0 aromatic heterocycles. The van der Waals surface area contributed by atoms with Gasteiger partial charge in [0.15, 0.2) is 0 Å². The molecule has 5 aliphatic rings. The molecule has 5 atom stereocenters. The maximum Gasteiger partial charge on any atom is 0.482 e. The van der Waals surface area contributed by atoms with Crippen LogP contribution in [0.2, 0.25) is 0 Å². The van der Waals surface area contributed by atoms with E-state index in [9.17, 15) is 4.79 Å². The molecular weight excluding hydrogens is 411 g/mol. The van der Waals surface area contributed by atoms with Crippen LogP contribution in [-0.4, -0.2) is 49.3 Å². The lowest BCUT2D eigenvalue weighted by Crippen LogP contribution is -2.65. The molecule has 2 bridgehead atoms. The second-order valence-corrected chi connectivity index (χ2v) is 12.0. The number of hydrogen-bond acceptors (Lipinski definition) is 3. The lowest BCUT2D eigenvalue weighted by Gasteiger charge is -2.64. The summed E-state index contributed by atoms with van der Waals surface area (Å²) in [5.74, 6) is 1.64. The monoisotopic (exact) mass is 452 g/mol. The van der Waals surface area contributed by atoms with Gasteiger partial charge >= 0.3 is 13.1 Å². The first-order valence-corrected chi connectivity index (χ1v) is 13.2. The molecule has 33 heavy (non-hydrogen) atoms. The highest BCUT2D eigenvalue weighted by atomic mass is 16.7. The molecule has 1 heterocycles. The molecule has 2 amide bonds. The molecule has 1 aromatic rings. The smallest absolute Gasteiger partial charge is 0.404 e. The SMILES string of the molecule is CN(CC1CCCCC1)C(=O)N[C@@H](Cc1ccccc1)B1O[C@@H]2C[C@@H]3C[C@@H](C3(C)C)[C@]2(C)O1. The van der Waals surface area contributed by atoms with E-state index in [1.165, 1.54) is 44.1 Å². The first kappa shape index (κ1) is 23.2. The first-order valence-electron chi connectivity index (χ1n) is 13.2. The zero-order chi connectivity index (χ0) is 23.2. The third-order valence-corrected chi connectivity index (χ3v) is 9.51. The molecule has 6 heteroatoms. The van der Waals surface area contributed by atoms with Crippen molar-refractivity contribution >= 4 is 13.1 Å². The van der Waals surface area contributed by atoms with Crippen LogP contribution in [0.4, 0.5) is 4.79 Å². The number of benzene rings is 1. The molecule has 1 N–H and O–H groups in total. The van der Waals surface area contributed by atoms with Crippen molar-refractivity contribution < 1.29 is 14.1 Å². The Kier molecular flexibility index (Phi) is 6.28. The molecule has 180 valence electrons. The summed E-state index contributed by atoms with van der Waals surface area (Å²) in [6, 6.07) is 10.4. The zero-order valence-corrected chi connectivity index (χ0v) is 20.9. The Morgan fingerprint density at radius 3 is 2.58 bits per heavy atom. The minimum Gasteiger partial charge on any atom is -0.404 e. The van der Waals surface area contributed by atoms with Gasteiger partial charge in [0, 0.05) is 13.6 Å². The van der Waals surface area contributed by atoms with Gasteiger partial charge in [-0.1, -0.05) is 63.4 Å². The summed E-state index contributed by atoms with van der Waals surface area (Å²) in [7, 11) is 1.51. The quantitative estimate of drug-likeness (QED) is 0.612. The summed E-state index contributed by atoms with van der Waals surface area (Å²) >= 11 is 0. The number of urea groups is 1. The van der Waals surface area contributed by atoms with Crippen LogP contribution in [0.3, 0.4) is 0 Å². The van der Waals surface area contributed by atoms with E-state index in [0.29, 0.717) is 29.6 Å². The largest absolute Gasteiger partial charge is 0.482 e. The standard InChI is InChI=1S/C27H41BN2O3/c1-26(2)21-16-22(26)27(3)23(17-21)32-28(33-27)24(15-19-11-7-5-8-12-19)29-25(31)30(4)18-20-13-9-6-10-14-20/h5,7-8,11-12,20-24H,6,9-10,13-18H2,1-4H3,(H,29,31)/t21-,22-,23+,24-,27-/m0/s1. The number of hydrogen-bond donors (Lipinski definition) is 1. The van der Waals surface area contributed by atoms with Crippen molar-refractivity contribution in [1.29, 1.82) is 0 Å². The second-order valence-electron chi connectivity index (χ2n) is 12.0. The third-order valence-electron chi connectivity index (χ3n) is 9.51. The highest BCUT2D eigenvalue weighted by Crippen LogP contribution is 2.65. The van der Waals surface area contributed by atoms with E-state index in [0.717, 1.165) is 13.0 Å². The topological polar surface area (TPSA) is 50.8 Å². The molecule has 0 radical (unpaired) electrons. The summed E-state index contributed by atoms with van der Waals surface area (Å²) in [5.41, 5.74) is 1.23. The molecule has 0 spiro atoms. The Hall–Kier alpha value is -1.53. The van der Waals surface area contributed by atoms with Crippen molar-refractivity contribution in [2.24, 2.45) is 23.2 Å². The average Bonchev–Trinajstić information content (AvgIpc) is 3.17. The molecule has 5 nitrogen and oxygen atoms in total. The number of carbonyl (C=O) groups is 1. The van der Waals surface area contributed by atoms with Crippen LogP contribution in [-0.2, 0) is 15.7 Å². The summed E-state index contributed by atoms with van der Waals surface area (Å²) in [6.45, 7) is 7.84. The van der Waals surface area contributed by atoms with E-state index in [4.69, 9.17) is 9.31 Å². The molecule has 1 aromatic carbocycles. The second kappa shape index (κ2) is 8.92. The van der Waals surface area contributed by atoms with Crippen LogP contribution in [0.15, 0.2) is 30.3 Å². The number of carbonyl (C=O) groups excluding carboxylic acids is 1. The normalized spacial score (nSPS) is 33.7. The lowest BCUT2D eigenvalue weighted by atomic mass is 9.43. The number of nitrogens with zero attached hydrogens (tertiary/aromatic N) is 1. The number of rotatable bonds is 6. The fourth-order valence-corrected chi connectivity index (χ4v) is 7.26. The fraction of sp³-hybridized carbons (Fsp3) is 0.741. The molecule has 0 unspecified atom stereocenters. The van der Waals surface area contributed by atoms with Gasteiger partial charge in [0.2, 0.25) is 0 Å². The Morgan fingerprint density at radius 1 is 1.15 bits per heavy atom. The predicted molar refractivity (Wildman–Crippen MR) is 132 cm³/mol. The summed E-state index contributed by atoms with van der Waals surface area (Å²) < 4.78 is 13.3. The summed E-state index contributed by atoms with van der Waals surface area (Å²) in [5, 5.41) is 3.31. The Labute approximate surface area is 200 Å². The van der Waals surface area contributed by atoms with Gasteiger partial charge in [-0.15, -0.1) is 0 Å². The maximum atomic E-state index is 13.2. The van der Waals surface area contributed by atoms with Crippen molar-refractivity contribution in [2.75, 3.05) is 13.6 Å². The van der Waals surface area contributed by atoms with Gasteiger partial charge in [-0.3, -0.25) is 0 Å². The van der Waals surface area contributed by atoms with Gasteiger partial charge < -0.3 is 19.5 Å². The van der Waals surface area contributed by atoms with Crippen LogP contribution in [0.5, 0.6) is 0 Å². The Balaban J connectivity index is 1.29. The van der Waals surface area contributed by atoms with Gasteiger partial charge in [0.05, 0.1) is 17.6 Å². The van der Waals surface area contributed by atoms with E-state index in [1.54, 1.807) is 0 Å².